The summed E-state index contributed by atoms with van der Waals surface area (Å²) in [6.45, 7) is 2.80. The van der Waals surface area contributed by atoms with Crippen LogP contribution in [0.1, 0.15) is 58.4 Å². The van der Waals surface area contributed by atoms with Crippen molar-refractivity contribution >= 4 is 17.6 Å². The number of fused-ring (bicyclic) bond motifs is 1. The lowest BCUT2D eigenvalue weighted by molar-refractivity contribution is -0.119. The molecule has 0 N–H and O–H groups in total. The largest absolute Gasteiger partial charge is 0.327 e. The van der Waals surface area contributed by atoms with Gasteiger partial charge in [-0.05, 0) is 43.9 Å². The van der Waals surface area contributed by atoms with E-state index in [0.717, 1.165) is 29.7 Å². The van der Waals surface area contributed by atoms with Gasteiger partial charge >= 0.3 is 0 Å². The fourth-order valence-electron chi connectivity index (χ4n) is 4.52. The standard InChI is InChI=1S/C24H23FN6O2/c1-15-18-8-9-21(32)31(14-16-4-6-17(25)7-5-16)23(18)29-22(28-15)20-3-2-12-30(20)24(33)19-13-26-10-11-27-19/h4-7,10-11,13,20H,2-3,8-9,12,14H2,1H3/t20-/m0/s1. The third-order valence-electron chi connectivity index (χ3n) is 6.20. The van der Waals surface area contributed by atoms with Gasteiger partial charge in [0.05, 0.1) is 18.8 Å². The van der Waals surface area contributed by atoms with E-state index >= 15 is 0 Å². The van der Waals surface area contributed by atoms with Crippen molar-refractivity contribution in [2.75, 3.05) is 11.4 Å². The lowest BCUT2D eigenvalue weighted by Gasteiger charge is -2.31. The molecule has 2 aromatic heterocycles. The molecule has 0 saturated carbocycles. The Morgan fingerprint density at radius 3 is 2.73 bits per heavy atom. The first kappa shape index (κ1) is 21.1. The zero-order valence-corrected chi connectivity index (χ0v) is 18.2. The number of benzene rings is 1. The molecule has 2 aliphatic heterocycles. The van der Waals surface area contributed by atoms with Gasteiger partial charge in [-0.15, -0.1) is 0 Å². The predicted molar refractivity (Wildman–Crippen MR) is 118 cm³/mol. The van der Waals surface area contributed by atoms with Crippen molar-refractivity contribution in [3.63, 3.8) is 0 Å². The number of anilines is 1. The van der Waals surface area contributed by atoms with E-state index in [9.17, 15) is 14.0 Å². The highest BCUT2D eigenvalue weighted by molar-refractivity contribution is 5.95. The van der Waals surface area contributed by atoms with Crippen LogP contribution in [0.3, 0.4) is 0 Å². The van der Waals surface area contributed by atoms with E-state index in [-0.39, 0.29) is 29.4 Å². The van der Waals surface area contributed by atoms with Crippen LogP contribution in [0.4, 0.5) is 10.2 Å². The number of hydrogen-bond donors (Lipinski definition) is 0. The molecule has 1 saturated heterocycles. The number of carbonyl (C=O) groups excluding carboxylic acids is 2. The van der Waals surface area contributed by atoms with E-state index in [4.69, 9.17) is 9.97 Å². The second kappa shape index (κ2) is 8.65. The summed E-state index contributed by atoms with van der Waals surface area (Å²) in [6, 6.07) is 5.81. The average molecular weight is 446 g/mol. The van der Waals surface area contributed by atoms with Crippen molar-refractivity contribution in [3.05, 3.63) is 77.0 Å². The number of aryl methyl sites for hydroxylation is 1. The lowest BCUT2D eigenvalue weighted by Crippen LogP contribution is -2.37. The van der Waals surface area contributed by atoms with E-state index in [1.165, 1.54) is 30.7 Å². The first-order chi connectivity index (χ1) is 16.0. The smallest absolute Gasteiger partial charge is 0.274 e. The summed E-state index contributed by atoms with van der Waals surface area (Å²) in [5, 5.41) is 0. The van der Waals surface area contributed by atoms with Gasteiger partial charge in [0, 0.05) is 36.6 Å². The van der Waals surface area contributed by atoms with E-state index < -0.39 is 0 Å². The molecule has 0 unspecified atom stereocenters. The molecule has 4 heterocycles. The molecule has 0 bridgehead atoms. The molecular formula is C24H23FN6O2. The number of aromatic nitrogens is 4. The lowest BCUT2D eigenvalue weighted by atomic mass is 10.0. The van der Waals surface area contributed by atoms with Crippen LogP contribution in [0.2, 0.25) is 0 Å². The van der Waals surface area contributed by atoms with Gasteiger partial charge in [0.1, 0.15) is 17.3 Å². The summed E-state index contributed by atoms with van der Waals surface area (Å²) < 4.78 is 13.3. The fourth-order valence-corrected chi connectivity index (χ4v) is 4.52. The minimum Gasteiger partial charge on any atom is -0.327 e. The Balaban J connectivity index is 1.49. The summed E-state index contributed by atoms with van der Waals surface area (Å²) in [5.74, 6) is 0.550. The number of likely N-dealkylation sites (tertiary alicyclic amines) is 1. The molecule has 1 aromatic carbocycles. The van der Waals surface area contributed by atoms with Gasteiger partial charge in [0.2, 0.25) is 5.91 Å². The van der Waals surface area contributed by atoms with Crippen LogP contribution in [0.15, 0.2) is 42.9 Å². The monoisotopic (exact) mass is 446 g/mol. The van der Waals surface area contributed by atoms with Crippen molar-refractivity contribution in [3.8, 4) is 0 Å². The number of amides is 2. The molecule has 9 heteroatoms. The summed E-state index contributed by atoms with van der Waals surface area (Å²) in [6.07, 6.45) is 6.99. The molecule has 2 aliphatic rings. The average Bonchev–Trinajstić information content (AvgIpc) is 3.32. The molecule has 0 radical (unpaired) electrons. The summed E-state index contributed by atoms with van der Waals surface area (Å²) in [7, 11) is 0. The van der Waals surface area contributed by atoms with E-state index in [2.05, 4.69) is 9.97 Å². The van der Waals surface area contributed by atoms with Crippen LogP contribution in [0.25, 0.3) is 0 Å². The fraction of sp³-hybridized carbons (Fsp3) is 0.333. The predicted octanol–water partition coefficient (Wildman–Crippen LogP) is 3.17. The maximum Gasteiger partial charge on any atom is 0.274 e. The Kier molecular flexibility index (Phi) is 5.53. The van der Waals surface area contributed by atoms with Gasteiger partial charge in [-0.1, -0.05) is 12.1 Å². The van der Waals surface area contributed by atoms with Gasteiger partial charge in [-0.3, -0.25) is 19.5 Å². The van der Waals surface area contributed by atoms with E-state index in [1.807, 2.05) is 6.92 Å². The number of hydrogen-bond acceptors (Lipinski definition) is 6. The zero-order chi connectivity index (χ0) is 22.9. The van der Waals surface area contributed by atoms with Gasteiger partial charge in [0.15, 0.2) is 5.82 Å². The highest BCUT2D eigenvalue weighted by atomic mass is 19.1. The van der Waals surface area contributed by atoms with Crippen LogP contribution in [0, 0.1) is 12.7 Å². The molecule has 3 aromatic rings. The second-order valence-corrected chi connectivity index (χ2v) is 8.32. The van der Waals surface area contributed by atoms with Gasteiger partial charge in [0.25, 0.3) is 5.91 Å². The number of halogens is 1. The van der Waals surface area contributed by atoms with Crippen molar-refractivity contribution in [2.24, 2.45) is 0 Å². The van der Waals surface area contributed by atoms with E-state index in [1.54, 1.807) is 21.9 Å². The first-order valence-electron chi connectivity index (χ1n) is 11.0. The molecule has 0 spiro atoms. The first-order valence-corrected chi connectivity index (χ1v) is 11.0. The Bertz CT molecular complexity index is 1200. The van der Waals surface area contributed by atoms with Crippen molar-refractivity contribution < 1.29 is 14.0 Å². The van der Waals surface area contributed by atoms with Crippen LogP contribution in [-0.2, 0) is 17.8 Å². The quantitative estimate of drug-likeness (QED) is 0.611. The third kappa shape index (κ3) is 4.06. The molecule has 2 amide bonds. The van der Waals surface area contributed by atoms with Gasteiger partial charge in [-0.25, -0.2) is 19.3 Å². The van der Waals surface area contributed by atoms with Crippen LogP contribution < -0.4 is 4.90 Å². The third-order valence-corrected chi connectivity index (χ3v) is 6.20. The summed E-state index contributed by atoms with van der Waals surface area (Å²) in [5.41, 5.74) is 2.85. The highest BCUT2D eigenvalue weighted by Crippen LogP contribution is 2.35. The minimum atomic E-state index is -0.321. The van der Waals surface area contributed by atoms with Crippen molar-refractivity contribution in [1.29, 1.82) is 0 Å². The Morgan fingerprint density at radius 2 is 1.97 bits per heavy atom. The molecular weight excluding hydrogens is 423 g/mol. The Hall–Kier alpha value is -3.75. The van der Waals surface area contributed by atoms with Gasteiger partial charge in [-0.2, -0.15) is 0 Å². The zero-order valence-electron chi connectivity index (χ0n) is 18.2. The minimum absolute atomic E-state index is 0.0326. The van der Waals surface area contributed by atoms with E-state index in [0.29, 0.717) is 37.6 Å². The molecule has 5 rings (SSSR count). The van der Waals surface area contributed by atoms with Crippen LogP contribution in [0.5, 0.6) is 0 Å². The summed E-state index contributed by atoms with van der Waals surface area (Å²) in [4.78, 5) is 47.0. The number of nitrogens with zero attached hydrogens (tertiary/aromatic N) is 6. The Labute approximate surface area is 190 Å². The normalized spacial score (nSPS) is 17.9. The molecule has 168 valence electrons. The number of rotatable bonds is 4. The maximum atomic E-state index is 13.3. The highest BCUT2D eigenvalue weighted by Gasteiger charge is 2.36. The van der Waals surface area contributed by atoms with Crippen molar-refractivity contribution in [2.45, 2.75) is 45.2 Å². The molecule has 1 atom stereocenters. The number of carbonyl (C=O) groups is 2. The SMILES string of the molecule is Cc1nc([C@@H]2CCCN2C(=O)c2cnccn2)nc2c1CCC(=O)N2Cc1ccc(F)cc1. The molecule has 1 fully saturated rings. The van der Waals surface area contributed by atoms with Crippen molar-refractivity contribution in [1.82, 2.24) is 24.8 Å². The second-order valence-electron chi connectivity index (χ2n) is 8.32. The molecule has 33 heavy (non-hydrogen) atoms. The van der Waals surface area contributed by atoms with Crippen LogP contribution in [-0.4, -0.2) is 43.2 Å². The molecule has 8 nitrogen and oxygen atoms in total. The Morgan fingerprint density at radius 1 is 1.15 bits per heavy atom. The topological polar surface area (TPSA) is 92.2 Å². The maximum absolute atomic E-state index is 13.3. The van der Waals surface area contributed by atoms with Crippen LogP contribution >= 0.6 is 0 Å². The molecule has 0 aliphatic carbocycles. The summed E-state index contributed by atoms with van der Waals surface area (Å²) >= 11 is 0. The van der Waals surface area contributed by atoms with Gasteiger partial charge < -0.3 is 4.90 Å².